The Morgan fingerprint density at radius 2 is 1.29 bits per heavy atom. The van der Waals surface area contributed by atoms with Crippen LogP contribution in [0.2, 0.25) is 0 Å². The van der Waals surface area contributed by atoms with E-state index in [1.165, 1.54) is 47.4 Å². The van der Waals surface area contributed by atoms with Gasteiger partial charge in [-0.15, -0.1) is 0 Å². The van der Waals surface area contributed by atoms with Gasteiger partial charge in [-0.3, -0.25) is 28.8 Å². The van der Waals surface area contributed by atoms with Crippen LogP contribution in [0, 0.1) is 6.92 Å². The molecule has 0 unspecified atom stereocenters. The third-order valence-electron chi connectivity index (χ3n) is 10.3. The smallest absolute Gasteiger partial charge is 0.333 e. The first-order valence-electron chi connectivity index (χ1n) is 19.1. The second-order valence-corrected chi connectivity index (χ2v) is 14.3. The van der Waals surface area contributed by atoms with Gasteiger partial charge in [-0.25, -0.2) is 4.79 Å². The Hall–Kier alpha value is -4.22. The highest BCUT2D eigenvalue weighted by Gasteiger charge is 2.35. The maximum atomic E-state index is 13.1. The van der Waals surface area contributed by atoms with E-state index in [1.807, 2.05) is 12.1 Å². The van der Waals surface area contributed by atoms with E-state index in [9.17, 15) is 19.8 Å². The van der Waals surface area contributed by atoms with E-state index in [2.05, 4.69) is 65.6 Å². The van der Waals surface area contributed by atoms with Gasteiger partial charge in [0.2, 0.25) is 0 Å². The highest BCUT2D eigenvalue weighted by Crippen LogP contribution is 2.27. The third kappa shape index (κ3) is 9.80. The largest absolute Gasteiger partial charge is 0.394 e. The number of rotatable bonds is 19. The van der Waals surface area contributed by atoms with Crippen molar-refractivity contribution in [2.45, 2.75) is 116 Å². The van der Waals surface area contributed by atoms with Gasteiger partial charge in [-0.1, -0.05) is 99.9 Å². The molecule has 4 heterocycles. The van der Waals surface area contributed by atoms with E-state index >= 15 is 0 Å². The molecule has 0 radical (unpaired) electrons. The fraction of sp³-hybridized carbons (Fsp3) is 0.476. The molecule has 1 saturated heterocycles. The van der Waals surface area contributed by atoms with E-state index in [4.69, 9.17) is 14.7 Å². The Morgan fingerprint density at radius 3 is 1.85 bits per heavy atom. The monoisotopic (exact) mass is 707 g/mol. The van der Waals surface area contributed by atoms with Gasteiger partial charge in [-0.2, -0.15) is 0 Å². The first kappa shape index (κ1) is 37.5. The van der Waals surface area contributed by atoms with Crippen molar-refractivity contribution >= 4 is 21.8 Å². The van der Waals surface area contributed by atoms with E-state index in [-0.39, 0.29) is 18.6 Å². The minimum Gasteiger partial charge on any atom is -0.394 e. The van der Waals surface area contributed by atoms with Crippen LogP contribution in [-0.4, -0.2) is 59.6 Å². The van der Waals surface area contributed by atoms with Crippen LogP contribution >= 0.6 is 0 Å². The van der Waals surface area contributed by atoms with E-state index in [0.717, 1.165) is 84.9 Å². The van der Waals surface area contributed by atoms with Crippen LogP contribution in [0.5, 0.6) is 0 Å². The first-order chi connectivity index (χ1) is 25.4. The van der Waals surface area contributed by atoms with Gasteiger partial charge in [0.1, 0.15) is 12.3 Å². The Labute approximate surface area is 305 Å². The van der Waals surface area contributed by atoms with Crippen LogP contribution in [0.4, 0.5) is 0 Å². The van der Waals surface area contributed by atoms with E-state index in [0.29, 0.717) is 12.1 Å². The number of aliphatic hydroxyl groups is 2. The first-order valence-corrected chi connectivity index (χ1v) is 19.1. The topological polar surface area (TPSA) is 123 Å². The Kier molecular flexibility index (Phi) is 13.4. The van der Waals surface area contributed by atoms with Crippen molar-refractivity contribution < 1.29 is 14.9 Å². The summed E-state index contributed by atoms with van der Waals surface area (Å²) in [5, 5.41) is 21.8. The zero-order chi connectivity index (χ0) is 36.3. The molecule has 2 N–H and O–H groups in total. The molecule has 10 heteroatoms. The van der Waals surface area contributed by atoms with Crippen molar-refractivity contribution in [3.8, 4) is 0 Å². The number of aliphatic hydroxyl groups excluding tert-OH is 2. The van der Waals surface area contributed by atoms with Gasteiger partial charge < -0.3 is 14.9 Å². The van der Waals surface area contributed by atoms with Crippen LogP contribution in [0.3, 0.4) is 0 Å². The highest BCUT2D eigenvalue weighted by atomic mass is 16.5. The number of benzene rings is 2. The Morgan fingerprint density at radius 1 is 0.750 bits per heavy atom. The summed E-state index contributed by atoms with van der Waals surface area (Å²) in [7, 11) is 0. The molecule has 1 fully saturated rings. The summed E-state index contributed by atoms with van der Waals surface area (Å²) in [5.74, 6) is 0. The highest BCUT2D eigenvalue weighted by molar-refractivity contribution is 5.79. The lowest BCUT2D eigenvalue weighted by Gasteiger charge is -2.22. The third-order valence-corrected chi connectivity index (χ3v) is 10.3. The molecular formula is C42H53N5O5. The minimum absolute atomic E-state index is 0.203. The maximum Gasteiger partial charge on any atom is 0.333 e. The van der Waals surface area contributed by atoms with Crippen LogP contribution in [0.15, 0.2) is 88.6 Å². The van der Waals surface area contributed by atoms with E-state index < -0.39 is 24.1 Å². The summed E-state index contributed by atoms with van der Waals surface area (Å²) in [5.41, 5.74) is 3.98. The molecule has 1 aliphatic rings. The fourth-order valence-corrected chi connectivity index (χ4v) is 7.30. The summed E-state index contributed by atoms with van der Waals surface area (Å²) >= 11 is 0. The zero-order valence-corrected chi connectivity index (χ0v) is 30.4. The van der Waals surface area contributed by atoms with Crippen LogP contribution in [0.25, 0.3) is 21.8 Å². The summed E-state index contributed by atoms with van der Waals surface area (Å²) in [6.07, 6.45) is 10.6. The van der Waals surface area contributed by atoms with Crippen molar-refractivity contribution in [3.63, 3.8) is 0 Å². The molecule has 52 heavy (non-hydrogen) atoms. The average molecular weight is 708 g/mol. The molecule has 0 amide bonds. The number of hydrogen-bond donors (Lipinski definition) is 2. The summed E-state index contributed by atoms with van der Waals surface area (Å²) in [6.45, 7) is 4.31. The molecule has 6 rings (SSSR count). The second-order valence-electron chi connectivity index (χ2n) is 14.3. The standard InChI is InChI=1S/C42H53N5O5/c1-31-27-47(40-26-38(49)39(30-48)52-40)42(51)46(41(31)50)25-15-9-7-5-3-2-4-6-8-14-24-45(28-34-22-20-32-16-10-12-18-36(32)43-34)29-35-23-21-33-17-11-13-19-37(33)44-35/h10-13,16-23,27,38-40,48-49H,2-9,14-15,24-26,28-30H2,1H3/t38-,39+,40+/m0/s1. The van der Waals surface area contributed by atoms with E-state index in [1.54, 1.807) is 6.92 Å². The fourth-order valence-electron chi connectivity index (χ4n) is 7.30. The number of aromatic nitrogens is 4. The molecule has 0 bridgehead atoms. The lowest BCUT2D eigenvalue weighted by Crippen LogP contribution is -2.42. The molecule has 0 saturated carbocycles. The molecular weight excluding hydrogens is 654 g/mol. The lowest BCUT2D eigenvalue weighted by molar-refractivity contribution is -0.0464. The van der Waals surface area contributed by atoms with Crippen LogP contribution < -0.4 is 11.2 Å². The Bertz CT molecular complexity index is 1950. The molecule has 10 nitrogen and oxygen atoms in total. The van der Waals surface area contributed by atoms with Gasteiger partial charge in [0.15, 0.2) is 0 Å². The Balaban J connectivity index is 0.900. The molecule has 0 spiro atoms. The number of hydrogen-bond acceptors (Lipinski definition) is 8. The number of para-hydroxylation sites is 2. The summed E-state index contributed by atoms with van der Waals surface area (Å²) < 4.78 is 8.34. The summed E-state index contributed by atoms with van der Waals surface area (Å²) in [6, 6.07) is 25.2. The average Bonchev–Trinajstić information content (AvgIpc) is 3.54. The number of unbranched alkanes of at least 4 members (excludes halogenated alkanes) is 9. The minimum atomic E-state index is -0.846. The predicted octanol–water partition coefficient (Wildman–Crippen LogP) is 6.66. The molecule has 0 aliphatic carbocycles. The van der Waals surface area contributed by atoms with Gasteiger partial charge in [0.25, 0.3) is 5.56 Å². The van der Waals surface area contributed by atoms with Crippen molar-refractivity contribution in [1.82, 2.24) is 24.0 Å². The lowest BCUT2D eigenvalue weighted by atomic mass is 10.1. The molecule has 2 aromatic carbocycles. The molecule has 3 aromatic heterocycles. The van der Waals surface area contributed by atoms with Crippen molar-refractivity contribution in [3.05, 3.63) is 117 Å². The predicted molar refractivity (Wildman–Crippen MR) is 205 cm³/mol. The zero-order valence-electron chi connectivity index (χ0n) is 30.4. The van der Waals surface area contributed by atoms with Gasteiger partial charge in [-0.05, 0) is 50.6 Å². The molecule has 3 atom stereocenters. The molecule has 5 aromatic rings. The molecule has 1 aliphatic heterocycles. The van der Waals surface area contributed by atoms with Gasteiger partial charge >= 0.3 is 5.69 Å². The number of pyridine rings is 2. The van der Waals surface area contributed by atoms with Crippen LogP contribution in [-0.2, 0) is 24.4 Å². The quantitative estimate of drug-likeness (QED) is 0.0915. The number of nitrogens with zero attached hydrogens (tertiary/aromatic N) is 5. The second kappa shape index (κ2) is 18.5. The van der Waals surface area contributed by atoms with Crippen LogP contribution in [0.1, 0.15) is 93.8 Å². The number of ether oxygens (including phenoxy) is 1. The van der Waals surface area contributed by atoms with Gasteiger partial charge in [0.05, 0.1) is 35.1 Å². The maximum absolute atomic E-state index is 13.1. The van der Waals surface area contributed by atoms with Crippen molar-refractivity contribution in [2.24, 2.45) is 0 Å². The SMILES string of the molecule is Cc1cn([C@H]2C[C@H](O)[C@@H](CO)O2)c(=O)n(CCCCCCCCCCCCN(Cc2ccc3ccccc3n2)Cc2ccc3ccccc3n2)c1=O. The number of aryl methyl sites for hydroxylation is 1. The summed E-state index contributed by atoms with van der Waals surface area (Å²) in [4.78, 5) is 38.3. The number of fused-ring (bicyclic) bond motifs is 2. The van der Waals surface area contributed by atoms with Crippen molar-refractivity contribution in [1.29, 1.82) is 0 Å². The molecule has 276 valence electrons. The van der Waals surface area contributed by atoms with Crippen molar-refractivity contribution in [2.75, 3.05) is 13.2 Å². The van der Waals surface area contributed by atoms with Gasteiger partial charge in [0, 0.05) is 48.6 Å². The normalized spacial score (nSPS) is 17.5.